The first-order valence-corrected chi connectivity index (χ1v) is 7.00. The Morgan fingerprint density at radius 3 is 2.63 bits per heavy atom. The Labute approximate surface area is 121 Å². The minimum atomic E-state index is -0.946. The molecule has 7 heteroatoms. The van der Waals surface area contributed by atoms with Crippen molar-refractivity contribution in [3.8, 4) is 0 Å². The molecule has 0 aliphatic carbocycles. The highest BCUT2D eigenvalue weighted by Crippen LogP contribution is 2.21. The van der Waals surface area contributed by atoms with Gasteiger partial charge in [-0.2, -0.15) is 0 Å². The number of carbonyl (C=O) groups excluding carboxylic acids is 1. The average molecular weight is 305 g/mol. The Bertz CT molecular complexity index is 460. The van der Waals surface area contributed by atoms with Gasteiger partial charge in [0.05, 0.1) is 10.8 Å². The van der Waals surface area contributed by atoms with E-state index in [0.29, 0.717) is 13.0 Å². The number of thiophene rings is 1. The summed E-state index contributed by atoms with van der Waals surface area (Å²) in [4.78, 5) is 23.3. The zero-order valence-electron chi connectivity index (χ0n) is 10.8. The van der Waals surface area contributed by atoms with Gasteiger partial charge in [-0.15, -0.1) is 11.3 Å². The van der Waals surface area contributed by atoms with Gasteiger partial charge in [0.1, 0.15) is 0 Å². The molecule has 1 heterocycles. The quantitative estimate of drug-likeness (QED) is 0.755. The maximum atomic E-state index is 11.6. The number of hydrogen-bond donors (Lipinski definition) is 3. The lowest BCUT2D eigenvalue weighted by atomic mass is 10.0. The third-order valence-electron chi connectivity index (χ3n) is 2.33. The number of aliphatic carboxylic acids is 1. The van der Waals surface area contributed by atoms with Crippen molar-refractivity contribution in [3.63, 3.8) is 0 Å². The molecule has 2 amide bonds. The first kappa shape index (κ1) is 15.8. The van der Waals surface area contributed by atoms with Crippen molar-refractivity contribution in [2.24, 2.45) is 0 Å². The number of nitrogens with one attached hydrogen (secondary N) is 2. The molecule has 0 fully saturated rings. The Hall–Kier alpha value is -1.27. The molecule has 0 aliphatic heterocycles. The first-order valence-electron chi connectivity index (χ1n) is 5.80. The lowest BCUT2D eigenvalue weighted by molar-refractivity contribution is -0.138. The van der Waals surface area contributed by atoms with E-state index < -0.39 is 11.5 Å². The number of carboxylic acid groups (broad SMARTS) is 1. The van der Waals surface area contributed by atoms with Crippen LogP contribution in [0.5, 0.6) is 0 Å². The van der Waals surface area contributed by atoms with E-state index in [0.717, 1.165) is 9.21 Å². The lowest BCUT2D eigenvalue weighted by Crippen LogP contribution is -2.49. The summed E-state index contributed by atoms with van der Waals surface area (Å²) in [5.74, 6) is -0.946. The molecule has 3 N–H and O–H groups in total. The molecule has 0 bridgehead atoms. The maximum absolute atomic E-state index is 11.6. The van der Waals surface area contributed by atoms with Gasteiger partial charge in [-0.25, -0.2) is 4.79 Å². The van der Waals surface area contributed by atoms with Crippen molar-refractivity contribution in [1.82, 2.24) is 10.6 Å². The lowest BCUT2D eigenvalue weighted by Gasteiger charge is -2.24. The van der Waals surface area contributed by atoms with Gasteiger partial charge in [0, 0.05) is 17.0 Å². The van der Waals surface area contributed by atoms with E-state index in [4.69, 9.17) is 16.7 Å². The fraction of sp³-hybridized carbons (Fsp3) is 0.500. The minimum absolute atomic E-state index is 0.124. The van der Waals surface area contributed by atoms with Crippen LogP contribution in [-0.4, -0.2) is 29.2 Å². The van der Waals surface area contributed by atoms with Crippen LogP contribution in [0.15, 0.2) is 12.1 Å². The zero-order valence-corrected chi connectivity index (χ0v) is 12.4. The molecule has 106 valence electrons. The molecule has 0 spiro atoms. The molecule has 1 rings (SSSR count). The second-order valence-electron chi connectivity index (χ2n) is 4.79. The van der Waals surface area contributed by atoms with E-state index in [-0.39, 0.29) is 12.5 Å². The molecule has 1 aromatic heterocycles. The third kappa shape index (κ3) is 6.45. The molecule has 0 saturated heterocycles. The number of halogens is 1. The highest BCUT2D eigenvalue weighted by Gasteiger charge is 2.23. The van der Waals surface area contributed by atoms with Crippen molar-refractivity contribution in [2.45, 2.75) is 32.2 Å². The van der Waals surface area contributed by atoms with Crippen LogP contribution < -0.4 is 10.6 Å². The fourth-order valence-corrected chi connectivity index (χ4v) is 2.65. The number of amides is 2. The van der Waals surface area contributed by atoms with Crippen LogP contribution >= 0.6 is 22.9 Å². The molecule has 0 aliphatic rings. The van der Waals surface area contributed by atoms with E-state index in [1.807, 2.05) is 12.1 Å². The highest BCUT2D eigenvalue weighted by molar-refractivity contribution is 7.16. The smallest absolute Gasteiger partial charge is 0.315 e. The van der Waals surface area contributed by atoms with Gasteiger partial charge in [0.25, 0.3) is 0 Å². The predicted octanol–water partition coefficient (Wildman–Crippen LogP) is 2.50. The van der Waals surface area contributed by atoms with Crippen molar-refractivity contribution in [2.75, 3.05) is 6.54 Å². The number of carboxylic acids is 1. The summed E-state index contributed by atoms with van der Waals surface area (Å²) >= 11 is 7.28. The van der Waals surface area contributed by atoms with E-state index >= 15 is 0 Å². The van der Waals surface area contributed by atoms with Gasteiger partial charge in [-0.05, 0) is 32.4 Å². The van der Waals surface area contributed by atoms with Gasteiger partial charge in [-0.1, -0.05) is 11.6 Å². The summed E-state index contributed by atoms with van der Waals surface area (Å²) in [5, 5.41) is 14.0. The van der Waals surface area contributed by atoms with E-state index in [1.54, 1.807) is 13.8 Å². The van der Waals surface area contributed by atoms with Crippen molar-refractivity contribution >= 4 is 34.9 Å². The molecule has 0 aromatic carbocycles. The molecule has 19 heavy (non-hydrogen) atoms. The summed E-state index contributed by atoms with van der Waals surface area (Å²) in [5.41, 5.74) is -0.776. The van der Waals surface area contributed by atoms with Crippen LogP contribution in [0.2, 0.25) is 4.34 Å². The summed E-state index contributed by atoms with van der Waals surface area (Å²) < 4.78 is 0.724. The van der Waals surface area contributed by atoms with E-state index in [2.05, 4.69) is 10.6 Å². The molecular weight excluding hydrogens is 288 g/mol. The van der Waals surface area contributed by atoms with Gasteiger partial charge in [0.15, 0.2) is 0 Å². The van der Waals surface area contributed by atoms with Gasteiger partial charge < -0.3 is 15.7 Å². The largest absolute Gasteiger partial charge is 0.481 e. The Morgan fingerprint density at radius 1 is 1.42 bits per heavy atom. The van der Waals surface area contributed by atoms with Crippen LogP contribution in [0.1, 0.15) is 25.1 Å². The predicted molar refractivity (Wildman–Crippen MR) is 75.9 cm³/mol. The molecular formula is C12H17ClN2O3S. The SMILES string of the molecule is CC(C)(CC(=O)O)NC(=O)NCCc1ccc(Cl)s1. The number of hydrogen-bond acceptors (Lipinski definition) is 3. The van der Waals surface area contributed by atoms with Crippen molar-refractivity contribution < 1.29 is 14.7 Å². The van der Waals surface area contributed by atoms with Crippen LogP contribution in [-0.2, 0) is 11.2 Å². The Balaban J connectivity index is 2.29. The Morgan fingerprint density at radius 2 is 2.11 bits per heavy atom. The van der Waals surface area contributed by atoms with E-state index in [1.165, 1.54) is 11.3 Å². The number of carbonyl (C=O) groups is 2. The van der Waals surface area contributed by atoms with Gasteiger partial charge >= 0.3 is 12.0 Å². The zero-order chi connectivity index (χ0) is 14.5. The highest BCUT2D eigenvalue weighted by atomic mass is 35.5. The first-order chi connectivity index (χ1) is 8.78. The van der Waals surface area contributed by atoms with Crippen molar-refractivity contribution in [1.29, 1.82) is 0 Å². The molecule has 5 nitrogen and oxygen atoms in total. The summed E-state index contributed by atoms with van der Waals surface area (Å²) in [6.45, 7) is 3.81. The number of rotatable bonds is 6. The van der Waals surface area contributed by atoms with Gasteiger partial charge in [-0.3, -0.25) is 4.79 Å². The number of urea groups is 1. The second kappa shape index (κ2) is 6.77. The van der Waals surface area contributed by atoms with Crippen LogP contribution in [0, 0.1) is 0 Å². The minimum Gasteiger partial charge on any atom is -0.481 e. The van der Waals surface area contributed by atoms with Crippen LogP contribution in [0.4, 0.5) is 4.79 Å². The molecule has 0 saturated carbocycles. The molecule has 1 aromatic rings. The summed E-state index contributed by atoms with van der Waals surface area (Å²) in [6, 6.07) is 3.37. The monoisotopic (exact) mass is 304 g/mol. The van der Waals surface area contributed by atoms with Gasteiger partial charge in [0.2, 0.25) is 0 Å². The standard InChI is InChI=1S/C12H17ClN2O3S/c1-12(2,7-10(16)17)15-11(18)14-6-5-8-3-4-9(13)19-8/h3-4H,5-7H2,1-2H3,(H,16,17)(H2,14,15,18). The normalized spacial score (nSPS) is 11.1. The fourth-order valence-electron chi connectivity index (χ4n) is 1.56. The summed E-state index contributed by atoms with van der Waals surface area (Å²) in [6.07, 6.45) is 0.575. The van der Waals surface area contributed by atoms with Crippen LogP contribution in [0.25, 0.3) is 0 Å². The van der Waals surface area contributed by atoms with E-state index in [9.17, 15) is 9.59 Å². The molecule has 0 atom stereocenters. The van der Waals surface area contributed by atoms with Crippen LogP contribution in [0.3, 0.4) is 0 Å². The second-order valence-corrected chi connectivity index (χ2v) is 6.59. The average Bonchev–Trinajstić information content (AvgIpc) is 2.61. The Kier molecular flexibility index (Phi) is 5.62. The third-order valence-corrected chi connectivity index (χ3v) is 3.62. The molecule has 0 radical (unpaired) electrons. The molecule has 0 unspecified atom stereocenters. The van der Waals surface area contributed by atoms with Crippen molar-refractivity contribution in [3.05, 3.63) is 21.3 Å². The summed E-state index contributed by atoms with van der Waals surface area (Å²) in [7, 11) is 0. The maximum Gasteiger partial charge on any atom is 0.315 e. The topological polar surface area (TPSA) is 78.4 Å².